The maximum Gasteiger partial charge on any atom is 0.255 e. The lowest BCUT2D eigenvalue weighted by Gasteiger charge is -2.12. The minimum absolute atomic E-state index is 0.370. The van der Waals surface area contributed by atoms with E-state index in [1.807, 2.05) is 54.6 Å². The van der Waals surface area contributed by atoms with E-state index in [-0.39, 0.29) is 6.29 Å². The van der Waals surface area contributed by atoms with E-state index in [0.29, 0.717) is 12.3 Å². The highest BCUT2D eigenvalue weighted by molar-refractivity contribution is 5.63. The largest absolute Gasteiger partial charge is 0.497 e. The zero-order chi connectivity index (χ0) is 17.1. The van der Waals surface area contributed by atoms with Gasteiger partial charge in [0.05, 0.1) is 19.0 Å². The molecule has 0 radical (unpaired) electrons. The highest BCUT2D eigenvalue weighted by atomic mass is 16.7. The van der Waals surface area contributed by atoms with Gasteiger partial charge in [0.1, 0.15) is 5.75 Å². The summed E-state index contributed by atoms with van der Waals surface area (Å²) in [5.74, 6) is 1.31. The van der Waals surface area contributed by atoms with Crippen LogP contribution in [0.3, 0.4) is 0 Å². The molecule has 0 aliphatic carbocycles. The van der Waals surface area contributed by atoms with Crippen molar-refractivity contribution in [3.63, 3.8) is 0 Å². The van der Waals surface area contributed by atoms with Crippen LogP contribution >= 0.6 is 0 Å². The van der Waals surface area contributed by atoms with Gasteiger partial charge in [0.25, 0.3) is 5.88 Å². The van der Waals surface area contributed by atoms with Gasteiger partial charge in [-0.3, -0.25) is 0 Å². The summed E-state index contributed by atoms with van der Waals surface area (Å²) < 4.78 is 18.3. The Labute approximate surface area is 145 Å². The number of benzene rings is 2. The zero-order valence-corrected chi connectivity index (χ0v) is 13.7. The minimum Gasteiger partial charge on any atom is -0.497 e. The van der Waals surface area contributed by atoms with Crippen LogP contribution in [0.25, 0.3) is 17.1 Å². The van der Waals surface area contributed by atoms with Crippen molar-refractivity contribution in [2.24, 2.45) is 0 Å². The fourth-order valence-electron chi connectivity index (χ4n) is 2.68. The Hall–Kier alpha value is -3.28. The lowest BCUT2D eigenvalue weighted by Crippen LogP contribution is -2.13. The third-order valence-corrected chi connectivity index (χ3v) is 3.96. The molecule has 0 N–H and O–H groups in total. The number of aromatic nitrogens is 3. The normalized spacial score (nSPS) is 16.0. The monoisotopic (exact) mass is 335 g/mol. The summed E-state index contributed by atoms with van der Waals surface area (Å²) in [5, 5.41) is 8.12. The molecule has 0 saturated heterocycles. The fourth-order valence-corrected chi connectivity index (χ4v) is 2.68. The van der Waals surface area contributed by atoms with Crippen LogP contribution in [0.4, 0.5) is 0 Å². The summed E-state index contributed by atoms with van der Waals surface area (Å²) in [4.78, 5) is 0. The Morgan fingerprint density at radius 3 is 2.64 bits per heavy atom. The van der Waals surface area contributed by atoms with Crippen molar-refractivity contribution in [1.82, 2.24) is 15.0 Å². The Balaban J connectivity index is 1.51. The van der Waals surface area contributed by atoms with E-state index in [4.69, 9.17) is 14.2 Å². The summed E-state index contributed by atoms with van der Waals surface area (Å²) in [6.45, 7) is 0. The quantitative estimate of drug-likeness (QED) is 0.716. The number of methoxy groups -OCH3 is 1. The summed E-state index contributed by atoms with van der Waals surface area (Å²) in [5.41, 5.74) is 2.93. The summed E-state index contributed by atoms with van der Waals surface area (Å²) in [6.07, 6.45) is 3.56. The van der Waals surface area contributed by atoms with Crippen LogP contribution in [0.15, 0.2) is 67.1 Å². The molecule has 1 aromatic heterocycles. The molecule has 3 aromatic rings. The van der Waals surface area contributed by atoms with Crippen LogP contribution < -0.4 is 4.74 Å². The van der Waals surface area contributed by atoms with Crippen LogP contribution in [-0.4, -0.2) is 28.4 Å². The SMILES string of the molecule is COc1ccc(-c2cnnn2C2=COC(Cc3ccccc3)O2)cc1. The van der Waals surface area contributed by atoms with Gasteiger partial charge in [0.2, 0.25) is 6.29 Å². The molecule has 25 heavy (non-hydrogen) atoms. The third kappa shape index (κ3) is 3.19. The van der Waals surface area contributed by atoms with E-state index in [0.717, 1.165) is 22.6 Å². The third-order valence-electron chi connectivity index (χ3n) is 3.96. The number of ether oxygens (including phenoxy) is 3. The van der Waals surface area contributed by atoms with Gasteiger partial charge in [-0.05, 0) is 29.8 Å². The van der Waals surface area contributed by atoms with Gasteiger partial charge in [0.15, 0.2) is 6.26 Å². The molecule has 2 aromatic carbocycles. The highest BCUT2D eigenvalue weighted by Gasteiger charge is 2.24. The maximum absolute atomic E-state index is 5.89. The van der Waals surface area contributed by atoms with Gasteiger partial charge in [-0.2, -0.15) is 4.68 Å². The number of hydrogen-bond acceptors (Lipinski definition) is 5. The van der Waals surface area contributed by atoms with Crippen molar-refractivity contribution in [1.29, 1.82) is 0 Å². The molecule has 6 heteroatoms. The summed E-state index contributed by atoms with van der Waals surface area (Å²) in [6, 6.07) is 17.8. The molecule has 126 valence electrons. The smallest absolute Gasteiger partial charge is 0.255 e. The van der Waals surface area contributed by atoms with E-state index in [1.54, 1.807) is 24.3 Å². The van der Waals surface area contributed by atoms with Crippen molar-refractivity contribution in [3.05, 3.63) is 72.6 Å². The molecule has 6 nitrogen and oxygen atoms in total. The lowest BCUT2D eigenvalue weighted by atomic mass is 10.1. The maximum atomic E-state index is 5.89. The van der Waals surface area contributed by atoms with Crippen LogP contribution in [0.5, 0.6) is 5.75 Å². The standard InChI is InChI=1S/C19H17N3O3/c1-23-16-9-7-15(8-10-16)17-12-20-21-22(17)18-13-24-19(25-18)11-14-5-3-2-4-6-14/h2-10,12-13,19H,11H2,1H3. The molecule has 0 saturated carbocycles. The molecule has 1 aliphatic heterocycles. The molecule has 4 rings (SSSR count). The molecule has 1 aliphatic rings. The first-order chi connectivity index (χ1) is 12.3. The van der Waals surface area contributed by atoms with Crippen molar-refractivity contribution in [2.45, 2.75) is 12.7 Å². The molecular weight excluding hydrogens is 318 g/mol. The minimum atomic E-state index is -0.370. The second kappa shape index (κ2) is 6.68. The molecular formula is C19H17N3O3. The van der Waals surface area contributed by atoms with E-state index >= 15 is 0 Å². The van der Waals surface area contributed by atoms with Crippen LogP contribution in [-0.2, 0) is 15.9 Å². The van der Waals surface area contributed by atoms with Gasteiger partial charge in [-0.25, -0.2) is 0 Å². The van der Waals surface area contributed by atoms with Crippen LogP contribution in [0, 0.1) is 0 Å². The lowest BCUT2D eigenvalue weighted by molar-refractivity contribution is -0.0174. The molecule has 0 bridgehead atoms. The van der Waals surface area contributed by atoms with Crippen LogP contribution in [0.1, 0.15) is 5.56 Å². The van der Waals surface area contributed by atoms with Gasteiger partial charge < -0.3 is 14.2 Å². The van der Waals surface area contributed by atoms with Crippen molar-refractivity contribution < 1.29 is 14.2 Å². The first kappa shape index (κ1) is 15.3. The van der Waals surface area contributed by atoms with Gasteiger partial charge >= 0.3 is 0 Å². The van der Waals surface area contributed by atoms with Crippen molar-refractivity contribution in [3.8, 4) is 17.0 Å². The predicted octanol–water partition coefficient (Wildman–Crippen LogP) is 3.33. The molecule has 2 heterocycles. The average Bonchev–Trinajstić information content (AvgIpc) is 3.32. The summed E-state index contributed by atoms with van der Waals surface area (Å²) >= 11 is 0. The van der Waals surface area contributed by atoms with Crippen LogP contribution in [0.2, 0.25) is 0 Å². The van der Waals surface area contributed by atoms with Crippen molar-refractivity contribution >= 4 is 5.88 Å². The Morgan fingerprint density at radius 2 is 1.88 bits per heavy atom. The topological polar surface area (TPSA) is 58.4 Å². The van der Waals surface area contributed by atoms with Gasteiger partial charge in [-0.1, -0.05) is 35.5 Å². The Kier molecular flexibility index (Phi) is 4.08. The number of rotatable bonds is 5. The molecule has 0 spiro atoms. The van der Waals surface area contributed by atoms with E-state index < -0.39 is 0 Å². The first-order valence-corrected chi connectivity index (χ1v) is 7.95. The second-order valence-corrected chi connectivity index (χ2v) is 5.59. The van der Waals surface area contributed by atoms with Gasteiger partial charge in [0, 0.05) is 12.0 Å². The Morgan fingerprint density at radius 1 is 1.08 bits per heavy atom. The Bertz CT molecular complexity index is 872. The molecule has 1 unspecified atom stereocenters. The number of hydrogen-bond donors (Lipinski definition) is 0. The molecule has 1 atom stereocenters. The fraction of sp³-hybridized carbons (Fsp3) is 0.158. The predicted molar refractivity (Wildman–Crippen MR) is 92.4 cm³/mol. The van der Waals surface area contributed by atoms with Gasteiger partial charge in [-0.15, -0.1) is 5.10 Å². The molecule has 0 amide bonds. The highest BCUT2D eigenvalue weighted by Crippen LogP contribution is 2.27. The summed E-state index contributed by atoms with van der Waals surface area (Å²) in [7, 11) is 1.64. The zero-order valence-electron chi connectivity index (χ0n) is 13.7. The van der Waals surface area contributed by atoms with E-state index in [9.17, 15) is 0 Å². The van der Waals surface area contributed by atoms with E-state index in [2.05, 4.69) is 10.3 Å². The number of nitrogens with zero attached hydrogens (tertiary/aromatic N) is 3. The average molecular weight is 335 g/mol. The van der Waals surface area contributed by atoms with E-state index in [1.165, 1.54) is 0 Å². The first-order valence-electron chi connectivity index (χ1n) is 7.95. The molecule has 0 fully saturated rings. The van der Waals surface area contributed by atoms with Crippen molar-refractivity contribution in [2.75, 3.05) is 7.11 Å². The second-order valence-electron chi connectivity index (χ2n) is 5.59.